The van der Waals surface area contributed by atoms with Gasteiger partial charge < -0.3 is 4.90 Å². The fourth-order valence-corrected chi connectivity index (χ4v) is 2.37. The minimum absolute atomic E-state index is 0.0209. The summed E-state index contributed by atoms with van der Waals surface area (Å²) in [6.07, 6.45) is 7.21. The standard InChI is InChI=1S/C18H20N4/c1-18(2,3)22(4)17-11-15(13-5-8-19-9-6-13)21-16-12-20-10-7-14(16)17/h5-12H,1-4H3. The van der Waals surface area contributed by atoms with Gasteiger partial charge in [-0.2, -0.15) is 0 Å². The van der Waals surface area contributed by atoms with Crippen molar-refractivity contribution >= 4 is 16.6 Å². The first-order valence-corrected chi connectivity index (χ1v) is 7.36. The molecule has 0 atom stereocenters. The molecule has 4 heteroatoms. The zero-order valence-electron chi connectivity index (χ0n) is 13.4. The molecule has 3 rings (SSSR count). The van der Waals surface area contributed by atoms with Crippen LogP contribution in [0.4, 0.5) is 5.69 Å². The number of rotatable bonds is 2. The number of hydrogen-bond donors (Lipinski definition) is 0. The van der Waals surface area contributed by atoms with Gasteiger partial charge in [-0.15, -0.1) is 0 Å². The summed E-state index contributed by atoms with van der Waals surface area (Å²) in [7, 11) is 2.12. The van der Waals surface area contributed by atoms with E-state index in [0.29, 0.717) is 0 Å². The smallest absolute Gasteiger partial charge is 0.0913 e. The van der Waals surface area contributed by atoms with Gasteiger partial charge in [0.05, 0.1) is 17.4 Å². The summed E-state index contributed by atoms with van der Waals surface area (Å²) in [5, 5.41) is 1.12. The highest BCUT2D eigenvalue weighted by Crippen LogP contribution is 2.32. The number of hydrogen-bond acceptors (Lipinski definition) is 4. The SMILES string of the molecule is CN(c1cc(-c2ccncc2)nc2cnccc12)C(C)(C)C. The number of pyridine rings is 3. The average Bonchev–Trinajstić information content (AvgIpc) is 2.53. The Morgan fingerprint density at radius 1 is 0.955 bits per heavy atom. The van der Waals surface area contributed by atoms with Gasteiger partial charge in [-0.25, -0.2) is 4.98 Å². The minimum atomic E-state index is 0.0209. The third-order valence-corrected chi connectivity index (χ3v) is 3.93. The first-order chi connectivity index (χ1) is 10.5. The molecule has 3 heterocycles. The first kappa shape index (κ1) is 14.4. The van der Waals surface area contributed by atoms with Gasteiger partial charge in [0.25, 0.3) is 0 Å². The maximum absolute atomic E-state index is 4.75. The lowest BCUT2D eigenvalue weighted by Gasteiger charge is -2.35. The van der Waals surface area contributed by atoms with E-state index in [0.717, 1.165) is 27.8 Å². The molecule has 3 aromatic rings. The zero-order valence-corrected chi connectivity index (χ0v) is 13.4. The Labute approximate surface area is 130 Å². The molecule has 0 aliphatic rings. The topological polar surface area (TPSA) is 41.9 Å². The fourth-order valence-electron chi connectivity index (χ4n) is 2.37. The van der Waals surface area contributed by atoms with Gasteiger partial charge in [-0.1, -0.05) is 0 Å². The number of nitrogens with zero attached hydrogens (tertiary/aromatic N) is 4. The summed E-state index contributed by atoms with van der Waals surface area (Å²) in [6, 6.07) is 8.12. The van der Waals surface area contributed by atoms with Gasteiger partial charge in [0, 0.05) is 47.8 Å². The number of anilines is 1. The molecule has 0 N–H and O–H groups in total. The van der Waals surface area contributed by atoms with Crippen molar-refractivity contribution in [3.8, 4) is 11.3 Å². The van der Waals surface area contributed by atoms with Crippen LogP contribution in [0, 0.1) is 0 Å². The molecule has 0 aliphatic carbocycles. The average molecular weight is 292 g/mol. The number of fused-ring (bicyclic) bond motifs is 1. The first-order valence-electron chi connectivity index (χ1n) is 7.36. The molecule has 22 heavy (non-hydrogen) atoms. The van der Waals surface area contributed by atoms with Crippen molar-refractivity contribution in [3.05, 3.63) is 49.1 Å². The minimum Gasteiger partial charge on any atom is -0.369 e. The van der Waals surface area contributed by atoms with Crippen LogP contribution in [0.3, 0.4) is 0 Å². The van der Waals surface area contributed by atoms with Crippen molar-refractivity contribution in [3.63, 3.8) is 0 Å². The van der Waals surface area contributed by atoms with Gasteiger partial charge >= 0.3 is 0 Å². The highest BCUT2D eigenvalue weighted by atomic mass is 15.2. The van der Waals surface area contributed by atoms with Crippen molar-refractivity contribution in [1.82, 2.24) is 15.0 Å². The molecular weight excluding hydrogens is 272 g/mol. The molecular formula is C18H20N4. The molecule has 0 fully saturated rings. The molecule has 0 amide bonds. The highest BCUT2D eigenvalue weighted by Gasteiger charge is 2.20. The van der Waals surface area contributed by atoms with Crippen LogP contribution in [0.25, 0.3) is 22.2 Å². The second kappa shape index (κ2) is 5.37. The van der Waals surface area contributed by atoms with Gasteiger partial charge in [0.1, 0.15) is 0 Å². The van der Waals surface area contributed by atoms with E-state index >= 15 is 0 Å². The van der Waals surface area contributed by atoms with Crippen LogP contribution in [0.5, 0.6) is 0 Å². The second-order valence-electron chi connectivity index (χ2n) is 6.39. The summed E-state index contributed by atoms with van der Waals surface area (Å²) in [5.41, 5.74) is 4.08. The predicted molar refractivity (Wildman–Crippen MR) is 90.9 cm³/mol. The van der Waals surface area contributed by atoms with E-state index in [9.17, 15) is 0 Å². The van der Waals surface area contributed by atoms with Crippen LogP contribution in [-0.4, -0.2) is 27.5 Å². The Morgan fingerprint density at radius 3 is 2.32 bits per heavy atom. The van der Waals surface area contributed by atoms with Crippen LogP contribution in [-0.2, 0) is 0 Å². The van der Waals surface area contributed by atoms with E-state index in [1.165, 1.54) is 0 Å². The van der Waals surface area contributed by atoms with E-state index in [2.05, 4.69) is 48.8 Å². The van der Waals surface area contributed by atoms with Crippen LogP contribution >= 0.6 is 0 Å². The van der Waals surface area contributed by atoms with E-state index < -0.39 is 0 Å². The molecule has 0 bridgehead atoms. The molecule has 0 radical (unpaired) electrons. The molecule has 3 aromatic heterocycles. The monoisotopic (exact) mass is 292 g/mol. The summed E-state index contributed by atoms with van der Waals surface area (Å²) in [4.78, 5) is 15.3. The van der Waals surface area contributed by atoms with Gasteiger partial charge in [-0.05, 0) is 45.0 Å². The summed E-state index contributed by atoms with van der Waals surface area (Å²) in [6.45, 7) is 6.60. The van der Waals surface area contributed by atoms with Crippen molar-refractivity contribution in [2.45, 2.75) is 26.3 Å². The van der Waals surface area contributed by atoms with Crippen molar-refractivity contribution in [1.29, 1.82) is 0 Å². The maximum Gasteiger partial charge on any atom is 0.0913 e. The lowest BCUT2D eigenvalue weighted by Crippen LogP contribution is -2.38. The molecule has 0 aliphatic heterocycles. The van der Waals surface area contributed by atoms with Crippen LogP contribution in [0.2, 0.25) is 0 Å². The summed E-state index contributed by atoms with van der Waals surface area (Å²) in [5.74, 6) is 0. The fraction of sp³-hybridized carbons (Fsp3) is 0.278. The third kappa shape index (κ3) is 2.64. The molecule has 0 saturated heterocycles. The lowest BCUT2D eigenvalue weighted by atomic mass is 10.0. The largest absolute Gasteiger partial charge is 0.369 e. The Bertz CT molecular complexity index is 791. The zero-order chi connectivity index (χ0) is 15.7. The quantitative estimate of drug-likeness (QED) is 0.717. The molecule has 0 saturated carbocycles. The van der Waals surface area contributed by atoms with E-state index in [1.54, 1.807) is 12.4 Å². The number of aromatic nitrogens is 3. The van der Waals surface area contributed by atoms with E-state index in [1.807, 2.05) is 30.6 Å². The summed E-state index contributed by atoms with van der Waals surface area (Å²) >= 11 is 0. The van der Waals surface area contributed by atoms with Crippen LogP contribution < -0.4 is 4.90 Å². The Kier molecular flexibility index (Phi) is 3.53. The van der Waals surface area contributed by atoms with Crippen molar-refractivity contribution in [2.75, 3.05) is 11.9 Å². The van der Waals surface area contributed by atoms with Crippen molar-refractivity contribution < 1.29 is 0 Å². The highest BCUT2D eigenvalue weighted by molar-refractivity contribution is 5.93. The molecule has 4 nitrogen and oxygen atoms in total. The lowest BCUT2D eigenvalue weighted by molar-refractivity contribution is 0.540. The van der Waals surface area contributed by atoms with Gasteiger partial charge in [-0.3, -0.25) is 9.97 Å². The van der Waals surface area contributed by atoms with Crippen molar-refractivity contribution in [2.24, 2.45) is 0 Å². The summed E-state index contributed by atoms with van der Waals surface area (Å²) < 4.78 is 0. The van der Waals surface area contributed by atoms with Gasteiger partial charge in [0.15, 0.2) is 0 Å². The normalized spacial score (nSPS) is 11.6. The van der Waals surface area contributed by atoms with Gasteiger partial charge in [0.2, 0.25) is 0 Å². The third-order valence-electron chi connectivity index (χ3n) is 3.93. The Hall–Kier alpha value is -2.49. The molecule has 0 aromatic carbocycles. The van der Waals surface area contributed by atoms with E-state index in [-0.39, 0.29) is 5.54 Å². The molecule has 112 valence electrons. The molecule has 0 unspecified atom stereocenters. The van der Waals surface area contributed by atoms with Crippen LogP contribution in [0.1, 0.15) is 20.8 Å². The second-order valence-corrected chi connectivity index (χ2v) is 6.39. The van der Waals surface area contributed by atoms with E-state index in [4.69, 9.17) is 4.98 Å². The van der Waals surface area contributed by atoms with Crippen LogP contribution in [0.15, 0.2) is 49.1 Å². The Balaban J connectivity index is 2.26. The molecule has 0 spiro atoms. The predicted octanol–water partition coefficient (Wildman–Crippen LogP) is 3.93. The maximum atomic E-state index is 4.75. The Morgan fingerprint density at radius 2 is 1.64 bits per heavy atom.